The number of aliphatic hydroxyl groups is 6. The number of benzene rings is 1. The second-order valence-electron chi connectivity index (χ2n) is 27.6. The van der Waals surface area contributed by atoms with Crippen molar-refractivity contribution in [1.29, 1.82) is 0 Å². The number of nitrogens with one attached hydrogen (secondary N) is 1. The Bertz CT molecular complexity index is 2740. The van der Waals surface area contributed by atoms with Crippen LogP contribution in [0.15, 0.2) is 52.6 Å². The third-order valence-electron chi connectivity index (χ3n) is 26.5. The smallest absolute Gasteiger partial charge is 0.331 e. The predicted octanol–water partition coefficient (Wildman–Crippen LogP) is 7.19. The second-order valence-corrected chi connectivity index (χ2v) is 27.6. The number of rotatable bonds is 5. The van der Waals surface area contributed by atoms with E-state index in [4.69, 9.17) is 4.74 Å². The highest BCUT2D eigenvalue weighted by Gasteiger charge is 2.93. The minimum absolute atomic E-state index is 0.0830. The fourth-order valence-electron chi connectivity index (χ4n) is 24.4. The molecule has 6 bridgehead atoms. The summed E-state index contributed by atoms with van der Waals surface area (Å²) in [6.45, 7) is 2.23. The van der Waals surface area contributed by atoms with Crippen molar-refractivity contribution >= 4 is 12.3 Å². The fraction of sp³-hybridized carbons (Fsp3) is 0.746. The van der Waals surface area contributed by atoms with Gasteiger partial charge in [-0.2, -0.15) is 0 Å². The fourth-order valence-corrected chi connectivity index (χ4v) is 24.4. The number of carbonyl (C=O) groups is 2. The Kier molecular flexibility index (Phi) is 10.0. The molecule has 10 fully saturated rings. The first-order valence-corrected chi connectivity index (χ1v) is 29.5. The van der Waals surface area contributed by atoms with Crippen LogP contribution in [0, 0.1) is 105 Å². The molecule has 14 aliphatic carbocycles. The predicted molar refractivity (Wildman–Crippen MR) is 271 cm³/mol. The average Bonchev–Trinajstić information content (AvgIpc) is 4.26. The number of esters is 1. The Morgan fingerprint density at radius 3 is 2.47 bits per heavy atom. The van der Waals surface area contributed by atoms with Gasteiger partial charge in [0.2, 0.25) is 0 Å². The molecule has 0 aromatic heterocycles. The average molecular weight is 994 g/mol. The summed E-state index contributed by atoms with van der Waals surface area (Å²) in [5.74, 6) is 3.34. The van der Waals surface area contributed by atoms with E-state index in [1.54, 1.807) is 6.08 Å². The number of aliphatic hydroxyl groups excluding tert-OH is 3. The molecule has 390 valence electrons. The molecule has 15 aliphatic rings. The third kappa shape index (κ3) is 5.18. The highest BCUT2D eigenvalue weighted by molar-refractivity contribution is 5.86. The van der Waals surface area contributed by atoms with Gasteiger partial charge in [0.15, 0.2) is 0 Å². The summed E-state index contributed by atoms with van der Waals surface area (Å²) in [6, 6.07) is 5.71. The van der Waals surface area contributed by atoms with E-state index in [-0.39, 0.29) is 54.1 Å². The molecule has 3 spiro atoms. The van der Waals surface area contributed by atoms with Crippen molar-refractivity contribution in [1.82, 2.24) is 5.32 Å². The molecule has 21 atom stereocenters. The summed E-state index contributed by atoms with van der Waals surface area (Å²) in [6.07, 6.45) is 18.5. The van der Waals surface area contributed by atoms with Gasteiger partial charge in [-0.1, -0.05) is 81.1 Å². The van der Waals surface area contributed by atoms with E-state index < -0.39 is 86.9 Å². The van der Waals surface area contributed by atoms with Gasteiger partial charge in [0.1, 0.15) is 23.6 Å². The first-order valence-electron chi connectivity index (χ1n) is 29.5. The van der Waals surface area contributed by atoms with Crippen LogP contribution in [-0.2, 0) is 27.4 Å². The van der Waals surface area contributed by atoms with Crippen LogP contribution >= 0.6 is 0 Å². The highest BCUT2D eigenvalue weighted by atomic mass is 16.5. The lowest BCUT2D eigenvalue weighted by Crippen LogP contribution is -2.90. The highest BCUT2D eigenvalue weighted by Crippen LogP contribution is 2.88. The van der Waals surface area contributed by atoms with E-state index in [0.717, 1.165) is 105 Å². The zero-order valence-corrected chi connectivity index (χ0v) is 43.2. The largest absolute Gasteiger partial charge is 0.454 e. The van der Waals surface area contributed by atoms with Crippen molar-refractivity contribution in [2.45, 2.75) is 190 Å². The van der Waals surface area contributed by atoms with Crippen LogP contribution in [0.2, 0.25) is 0 Å². The van der Waals surface area contributed by atoms with Crippen molar-refractivity contribution in [2.75, 3.05) is 7.05 Å². The number of likely N-dealkylation sites (N-methyl/N-ethyl adjacent to an activating group) is 1. The summed E-state index contributed by atoms with van der Waals surface area (Å²) in [4.78, 5) is 29.9. The molecule has 10 saturated carbocycles. The Balaban J connectivity index is 0.999. The van der Waals surface area contributed by atoms with E-state index in [2.05, 4.69) is 30.2 Å². The molecule has 1 aliphatic heterocycles. The van der Waals surface area contributed by atoms with Gasteiger partial charge >= 0.3 is 5.97 Å². The molecule has 73 heavy (non-hydrogen) atoms. The summed E-state index contributed by atoms with van der Waals surface area (Å²) in [7, 11) is 1.94. The molecule has 1 aromatic rings. The molecule has 7 N–H and O–H groups in total. The molecule has 0 unspecified atom stereocenters. The molecule has 10 heteroatoms. The number of allylic oxidation sites excluding steroid dienone is 4. The number of aldehydes is 1. The lowest BCUT2D eigenvalue weighted by molar-refractivity contribution is -0.408. The van der Waals surface area contributed by atoms with E-state index >= 15 is 15.0 Å². The topological polar surface area (TPSA) is 177 Å². The van der Waals surface area contributed by atoms with Crippen LogP contribution in [0.5, 0.6) is 0 Å². The Labute approximate surface area is 431 Å². The van der Waals surface area contributed by atoms with Gasteiger partial charge in [-0.3, -0.25) is 0 Å². The lowest BCUT2D eigenvalue weighted by atomic mass is 9.25. The Morgan fingerprint density at radius 2 is 1.70 bits per heavy atom. The number of carbonyl (C=O) groups excluding carboxylic acids is 2. The van der Waals surface area contributed by atoms with Gasteiger partial charge in [0, 0.05) is 64.5 Å². The summed E-state index contributed by atoms with van der Waals surface area (Å²) < 4.78 is 6.45. The van der Waals surface area contributed by atoms with Gasteiger partial charge in [-0.15, -0.1) is 0 Å². The molecule has 0 radical (unpaired) electrons. The Hall–Kier alpha value is -3.14. The van der Waals surface area contributed by atoms with Crippen molar-refractivity contribution in [3.8, 4) is 11.8 Å². The van der Waals surface area contributed by atoms with Crippen LogP contribution in [0.3, 0.4) is 0 Å². The lowest BCUT2D eigenvalue weighted by Gasteiger charge is -2.80. The second kappa shape index (κ2) is 15.5. The van der Waals surface area contributed by atoms with Crippen molar-refractivity contribution < 1.29 is 45.0 Å². The first-order chi connectivity index (χ1) is 35.2. The molecule has 0 amide bonds. The van der Waals surface area contributed by atoms with Gasteiger partial charge in [0.05, 0.1) is 29.8 Å². The van der Waals surface area contributed by atoms with Crippen LogP contribution in [0.1, 0.15) is 152 Å². The van der Waals surface area contributed by atoms with E-state index in [9.17, 15) is 25.2 Å². The number of hydrogen-bond acceptors (Lipinski definition) is 10. The molecule has 0 saturated heterocycles. The van der Waals surface area contributed by atoms with E-state index in [1.807, 2.05) is 25.2 Å². The van der Waals surface area contributed by atoms with Gasteiger partial charge in [-0.25, -0.2) is 4.79 Å². The quantitative estimate of drug-likeness (QED) is 0.0909. The van der Waals surface area contributed by atoms with E-state index in [1.165, 1.54) is 24.0 Å². The van der Waals surface area contributed by atoms with Crippen LogP contribution in [-0.4, -0.2) is 91.1 Å². The van der Waals surface area contributed by atoms with Crippen LogP contribution in [0.4, 0.5) is 0 Å². The molecule has 1 aromatic carbocycles. The first kappa shape index (κ1) is 47.1. The zero-order chi connectivity index (χ0) is 50.0. The van der Waals surface area contributed by atoms with E-state index in [0.29, 0.717) is 56.8 Å². The van der Waals surface area contributed by atoms with Gasteiger partial charge < -0.3 is 45.5 Å². The Morgan fingerprint density at radius 1 is 0.890 bits per heavy atom. The maximum atomic E-state index is 15.9. The number of ether oxygens (including phenoxy) is 1. The maximum absolute atomic E-state index is 15.9. The number of fused-ring (bicyclic) bond motifs is 5. The third-order valence-corrected chi connectivity index (χ3v) is 26.5. The number of hydrogen-bond donors (Lipinski definition) is 7. The monoisotopic (exact) mass is 994 g/mol. The van der Waals surface area contributed by atoms with Crippen molar-refractivity contribution in [3.05, 3.63) is 69.3 Å². The standard InChI is InChI=1S/C63H79NO9/c1-33(34-10-3-4-11-34)36-16-18-46-55(68)59-23-19-40(57(59)20-7-8-21-57)24-37-15-17-41-45-30-58-22-6-5-12-35-13-9-14-38(31-65)42(35)27-48(64-2)43-25-39(51(58)44-28-49(67)73-52(43)44)29-61(58,70)63(72)53(45)60(32-66,54(59)50(37)41)62(46,71)47(26-36)56(63)69/h9,13-14,17,28,32-34,36,39-40,43,45-48,51-56,64-65,68-72H,3-4,6-8,10-11,15-16,18-27,29-31H2,1-2H3/t33-,36+,39-,40+,43-,45+,46-,47+,48+,51+,52-,53+,54-,55+,56-,58+,59-,60-,61+,62+,63+/m0/s1. The van der Waals surface area contributed by atoms with Gasteiger partial charge in [-0.05, 0) is 178 Å². The minimum Gasteiger partial charge on any atom is -0.454 e. The summed E-state index contributed by atoms with van der Waals surface area (Å²) >= 11 is 0. The molecule has 1 heterocycles. The molecular formula is C63H79NO9. The zero-order valence-electron chi connectivity index (χ0n) is 43.2. The maximum Gasteiger partial charge on any atom is 0.331 e. The minimum atomic E-state index is -2.27. The summed E-state index contributed by atoms with van der Waals surface area (Å²) in [5, 5.41) is 87.9. The molecule has 10 nitrogen and oxygen atoms in total. The normalized spacial score (nSPS) is 51.4. The van der Waals surface area contributed by atoms with Crippen LogP contribution in [0.25, 0.3) is 0 Å². The molecule has 16 rings (SSSR count). The SMILES string of the molecule is CN[C@@H]1Cc2c(cccc2CO)C#CCC[C@]23C[C@@H]4C5=CCC6=C5[C@H]5[C@@]7(CC[C@H](C6)C76CCCC6)[C@H](O)[C@@H]6CC[C@@H]([C@@H](C)C7CCCC7)C[C@@H]7[C@H](O)[C@](O)([C@H]4[C@]5(C=O)[C@]76O)[C@@]2(O)C[C@@H]2C[C@@H]1[C@@H]1OC(=O)C=C1[C@@H]23. The van der Waals surface area contributed by atoms with Crippen molar-refractivity contribution in [2.24, 2.45) is 92.7 Å². The summed E-state index contributed by atoms with van der Waals surface area (Å²) in [5.41, 5.74) is -2.63. The van der Waals surface area contributed by atoms with Crippen molar-refractivity contribution in [3.63, 3.8) is 0 Å². The van der Waals surface area contributed by atoms with Crippen LogP contribution < -0.4 is 5.32 Å². The molecular weight excluding hydrogens is 915 g/mol. The van der Waals surface area contributed by atoms with Gasteiger partial charge in [0.25, 0.3) is 0 Å².